The van der Waals surface area contributed by atoms with E-state index in [0.29, 0.717) is 0 Å². The van der Waals surface area contributed by atoms with Gasteiger partial charge in [0, 0.05) is 29.6 Å². The molecule has 1 N–H and O–H groups in total. The van der Waals surface area contributed by atoms with Gasteiger partial charge >= 0.3 is 7.75 Å². The van der Waals surface area contributed by atoms with Crippen LogP contribution in [-0.2, 0) is 23.6 Å². The molecule has 0 heterocycles. The first kappa shape index (κ1) is 29.3. The summed E-state index contributed by atoms with van der Waals surface area (Å²) in [6, 6.07) is 7.84. The van der Waals surface area contributed by atoms with Crippen molar-refractivity contribution in [3.63, 3.8) is 0 Å². The van der Waals surface area contributed by atoms with Gasteiger partial charge in [0.25, 0.3) is 0 Å². The molecule has 163 valence electrons. The second-order valence-corrected chi connectivity index (χ2v) is 10.6. The Morgan fingerprint density at radius 3 is 1.69 bits per heavy atom. The van der Waals surface area contributed by atoms with Crippen LogP contribution in [0.4, 0.5) is 0 Å². The van der Waals surface area contributed by atoms with Crippen molar-refractivity contribution in [1.82, 2.24) is 4.49 Å². The Morgan fingerprint density at radius 2 is 1.24 bits per heavy atom. The van der Waals surface area contributed by atoms with E-state index in [9.17, 15) is 13.0 Å². The molecule has 9 heteroatoms. The van der Waals surface area contributed by atoms with Crippen LogP contribution in [0.25, 0.3) is 0 Å². The van der Waals surface area contributed by atoms with Gasteiger partial charge in [0.1, 0.15) is 0 Å². The minimum absolute atomic E-state index is 0. The Balaban J connectivity index is 0.00000784. The van der Waals surface area contributed by atoms with E-state index >= 15 is 0 Å². The zero-order valence-electron chi connectivity index (χ0n) is 18.3. The molecule has 0 aliphatic carbocycles. The molecule has 1 radical (unpaired) electrons. The van der Waals surface area contributed by atoms with Crippen LogP contribution >= 0.6 is 7.75 Å². The van der Waals surface area contributed by atoms with Crippen molar-refractivity contribution in [1.29, 1.82) is 0 Å². The van der Waals surface area contributed by atoms with Gasteiger partial charge in [0.15, 0.2) is 0 Å². The molecule has 6 nitrogen and oxygen atoms in total. The first-order valence-corrected chi connectivity index (χ1v) is 13.4. The molecule has 0 fully saturated rings. The summed E-state index contributed by atoms with van der Waals surface area (Å²) in [7, 11) is -7.94. The van der Waals surface area contributed by atoms with Crippen LogP contribution in [0.3, 0.4) is 0 Å². The van der Waals surface area contributed by atoms with E-state index in [1.807, 2.05) is 0 Å². The topological polar surface area (TPSA) is 81.7 Å². The standard InChI is InChI=1S/C20H36NO5PS.Na/c1-3-5-7-9-14-18-25-27(22,26-19-15-10-8-6-4-2)21-28(23,24)20-16-12-11-13-17-20;/h11-13,16-17H,3-10,14-15,18-19H2,1-2H3,(H,21,22);. The van der Waals surface area contributed by atoms with E-state index in [-0.39, 0.29) is 47.7 Å². The van der Waals surface area contributed by atoms with Crippen molar-refractivity contribution in [3.8, 4) is 0 Å². The van der Waals surface area contributed by atoms with Gasteiger partial charge in [-0.25, -0.2) is 13.0 Å². The molecular formula is C20H36NNaO5PS. The maximum absolute atomic E-state index is 13.0. The molecule has 0 saturated heterocycles. The molecule has 0 aliphatic rings. The molecule has 0 aromatic heterocycles. The number of hydrogen-bond donors (Lipinski definition) is 1. The molecular weight excluding hydrogens is 420 g/mol. The van der Waals surface area contributed by atoms with Crippen molar-refractivity contribution in [2.45, 2.75) is 83.0 Å². The third-order valence-electron chi connectivity index (χ3n) is 4.30. The van der Waals surface area contributed by atoms with Crippen molar-refractivity contribution in [2.75, 3.05) is 13.2 Å². The fourth-order valence-corrected chi connectivity index (χ4v) is 6.02. The summed E-state index contributed by atoms with van der Waals surface area (Å²) in [5.74, 6) is 0. The van der Waals surface area contributed by atoms with Crippen molar-refractivity contribution >= 4 is 47.3 Å². The van der Waals surface area contributed by atoms with Crippen molar-refractivity contribution in [3.05, 3.63) is 30.3 Å². The summed E-state index contributed by atoms with van der Waals surface area (Å²) in [5, 5.41) is 0. The molecule has 0 aliphatic heterocycles. The average Bonchev–Trinajstić information content (AvgIpc) is 2.68. The van der Waals surface area contributed by atoms with E-state index in [0.717, 1.165) is 64.2 Å². The van der Waals surface area contributed by atoms with Gasteiger partial charge in [-0.15, -0.1) is 4.49 Å². The van der Waals surface area contributed by atoms with Crippen molar-refractivity contribution < 1.29 is 22.0 Å². The van der Waals surface area contributed by atoms with Crippen LogP contribution < -0.4 is 4.49 Å². The smallest absolute Gasteiger partial charge is 0.296 e. The Bertz CT molecular complexity index is 653. The normalized spacial score (nSPS) is 11.9. The SMILES string of the molecule is CCCCCCCOP(=O)(NS(=O)(=O)c1ccccc1)OCCCCCCC.[Na]. The Hall–Kier alpha value is 0.280. The number of rotatable bonds is 17. The van der Waals surface area contributed by atoms with E-state index in [4.69, 9.17) is 9.05 Å². The first-order chi connectivity index (χ1) is 13.4. The number of benzene rings is 1. The van der Waals surface area contributed by atoms with E-state index < -0.39 is 17.8 Å². The zero-order valence-corrected chi connectivity index (χ0v) is 22.0. The van der Waals surface area contributed by atoms with Crippen LogP contribution in [0.5, 0.6) is 0 Å². The zero-order chi connectivity index (χ0) is 20.7. The van der Waals surface area contributed by atoms with Crippen molar-refractivity contribution in [2.24, 2.45) is 0 Å². The van der Waals surface area contributed by atoms with Crippen LogP contribution in [-0.4, -0.2) is 51.2 Å². The van der Waals surface area contributed by atoms with Gasteiger partial charge in [-0.1, -0.05) is 83.4 Å². The summed E-state index contributed by atoms with van der Waals surface area (Å²) in [6.07, 6.45) is 10.1. The number of nitrogens with one attached hydrogen (secondary N) is 1. The van der Waals surface area contributed by atoms with Gasteiger partial charge in [-0.2, -0.15) is 0 Å². The molecule has 0 unspecified atom stereocenters. The van der Waals surface area contributed by atoms with Crippen LogP contribution in [0, 0.1) is 0 Å². The summed E-state index contributed by atoms with van der Waals surface area (Å²) in [4.78, 5) is 0.0355. The third kappa shape index (κ3) is 13.3. The maximum atomic E-state index is 13.0. The fourth-order valence-electron chi connectivity index (χ4n) is 2.67. The molecule has 0 atom stereocenters. The molecule has 1 aromatic rings. The predicted octanol–water partition coefficient (Wildman–Crippen LogP) is 5.67. The maximum Gasteiger partial charge on any atom is 0.419 e. The van der Waals surface area contributed by atoms with Crippen LogP contribution in [0.15, 0.2) is 35.2 Å². The average molecular weight is 457 g/mol. The Morgan fingerprint density at radius 1 is 0.793 bits per heavy atom. The fraction of sp³-hybridized carbons (Fsp3) is 0.700. The second kappa shape index (κ2) is 16.9. The summed E-state index contributed by atoms with van der Waals surface area (Å²) in [5.41, 5.74) is 0. The molecule has 0 spiro atoms. The van der Waals surface area contributed by atoms with Gasteiger partial charge < -0.3 is 0 Å². The minimum Gasteiger partial charge on any atom is -0.296 e. The predicted molar refractivity (Wildman–Crippen MR) is 120 cm³/mol. The third-order valence-corrected chi connectivity index (χ3v) is 8.10. The number of sulfonamides is 1. The molecule has 0 amide bonds. The monoisotopic (exact) mass is 456 g/mol. The second-order valence-electron chi connectivity index (χ2n) is 6.90. The largest absolute Gasteiger partial charge is 0.419 e. The number of hydrogen-bond acceptors (Lipinski definition) is 5. The summed E-state index contributed by atoms with van der Waals surface area (Å²) in [6.45, 7) is 4.68. The molecule has 29 heavy (non-hydrogen) atoms. The minimum atomic E-state index is -3.98. The Labute approximate surface area is 199 Å². The van der Waals surface area contributed by atoms with E-state index in [1.165, 1.54) is 12.1 Å². The Kier molecular flexibility index (Phi) is 17.1. The summed E-state index contributed by atoms with van der Waals surface area (Å²) < 4.78 is 51.2. The van der Waals surface area contributed by atoms with Gasteiger partial charge in [0.2, 0.25) is 10.0 Å². The molecule has 1 aromatic carbocycles. The number of unbranched alkanes of at least 4 members (excludes halogenated alkanes) is 8. The molecule has 0 saturated carbocycles. The van der Waals surface area contributed by atoms with Gasteiger partial charge in [-0.3, -0.25) is 9.05 Å². The summed E-state index contributed by atoms with van der Waals surface area (Å²) >= 11 is 0. The van der Waals surface area contributed by atoms with E-state index in [1.54, 1.807) is 18.2 Å². The van der Waals surface area contributed by atoms with Crippen LogP contribution in [0.2, 0.25) is 0 Å². The molecule has 1 rings (SSSR count). The first-order valence-electron chi connectivity index (χ1n) is 10.4. The van der Waals surface area contributed by atoms with Gasteiger partial charge in [0.05, 0.1) is 18.1 Å². The quantitative estimate of drug-likeness (QED) is 0.186. The van der Waals surface area contributed by atoms with E-state index in [2.05, 4.69) is 18.3 Å². The van der Waals surface area contributed by atoms with Crippen LogP contribution in [0.1, 0.15) is 78.1 Å². The molecule has 0 bridgehead atoms. The van der Waals surface area contributed by atoms with Gasteiger partial charge in [-0.05, 0) is 25.0 Å².